The van der Waals surface area contributed by atoms with Crippen LogP contribution in [-0.2, 0) is 9.53 Å². The van der Waals surface area contributed by atoms with Crippen molar-refractivity contribution in [3.8, 4) is 11.5 Å². The number of thiazole rings is 2. The minimum absolute atomic E-state index is 0.116. The summed E-state index contributed by atoms with van der Waals surface area (Å²) in [5, 5.41) is 11.8. The molecule has 0 fully saturated rings. The van der Waals surface area contributed by atoms with Gasteiger partial charge >= 0.3 is 5.97 Å². The normalized spacial score (nSPS) is 15.4. The quantitative estimate of drug-likeness (QED) is 0.322. The molecule has 1 aromatic carbocycles. The van der Waals surface area contributed by atoms with E-state index in [1.54, 1.807) is 45.9 Å². The van der Waals surface area contributed by atoms with Crippen molar-refractivity contribution in [1.82, 2.24) is 9.97 Å². The lowest BCUT2D eigenvalue weighted by Crippen LogP contribution is -2.31. The molecule has 12 heteroatoms. The summed E-state index contributed by atoms with van der Waals surface area (Å²) in [4.78, 5) is 50.2. The molecule has 0 spiro atoms. The van der Waals surface area contributed by atoms with Crippen molar-refractivity contribution < 1.29 is 33.7 Å². The Morgan fingerprint density at radius 3 is 2.30 bits per heavy atom. The van der Waals surface area contributed by atoms with E-state index in [0.717, 1.165) is 11.3 Å². The number of aromatic nitrogens is 2. The number of carbonyl (C=O) groups excluding carboxylic acids is 3. The van der Waals surface area contributed by atoms with Crippen LogP contribution >= 0.6 is 22.7 Å². The molecule has 1 aliphatic heterocycles. The lowest BCUT2D eigenvalue weighted by molar-refractivity contribution is -0.117. The van der Waals surface area contributed by atoms with Crippen LogP contribution in [0.2, 0.25) is 0 Å². The van der Waals surface area contributed by atoms with Gasteiger partial charge in [-0.05, 0) is 45.4 Å². The van der Waals surface area contributed by atoms with E-state index in [0.29, 0.717) is 38.3 Å². The third kappa shape index (κ3) is 4.58. The Labute approximate surface area is 221 Å². The maximum atomic E-state index is 13.8. The van der Waals surface area contributed by atoms with Crippen LogP contribution in [0.1, 0.15) is 54.3 Å². The van der Waals surface area contributed by atoms with Crippen LogP contribution in [-0.4, -0.2) is 53.6 Å². The molecule has 37 heavy (non-hydrogen) atoms. The standard InChI is InChI=1S/C25H25N3O7S2/c1-7-35-24(32)22-12(3)27-25(37-22)28-18(14-8-9-15(33-5)16(10-14)34-6)17(20(30)23(28)31)19(29)21-11(2)26-13(4)36-21/h8-10,18,30H,7H2,1-6H3. The van der Waals surface area contributed by atoms with Gasteiger partial charge in [-0.25, -0.2) is 14.8 Å². The highest BCUT2D eigenvalue weighted by atomic mass is 32.1. The van der Waals surface area contributed by atoms with Crippen LogP contribution in [0.4, 0.5) is 5.13 Å². The number of rotatable bonds is 8. The highest BCUT2D eigenvalue weighted by molar-refractivity contribution is 7.17. The molecule has 3 heterocycles. The van der Waals surface area contributed by atoms with E-state index >= 15 is 0 Å². The summed E-state index contributed by atoms with van der Waals surface area (Å²) >= 11 is 2.13. The van der Waals surface area contributed by atoms with Crippen LogP contribution in [0.25, 0.3) is 0 Å². The lowest BCUT2D eigenvalue weighted by Gasteiger charge is -2.25. The number of carbonyl (C=O) groups is 3. The maximum absolute atomic E-state index is 13.8. The zero-order valence-corrected chi connectivity index (χ0v) is 22.7. The molecule has 2 aromatic heterocycles. The van der Waals surface area contributed by atoms with E-state index in [1.807, 2.05) is 0 Å². The Morgan fingerprint density at radius 2 is 1.70 bits per heavy atom. The van der Waals surface area contributed by atoms with Gasteiger partial charge in [-0.3, -0.25) is 14.5 Å². The summed E-state index contributed by atoms with van der Waals surface area (Å²) in [6, 6.07) is 3.90. The summed E-state index contributed by atoms with van der Waals surface area (Å²) in [7, 11) is 2.96. The topological polar surface area (TPSA) is 128 Å². The number of hydrogen-bond acceptors (Lipinski definition) is 11. The minimum atomic E-state index is -1.05. The van der Waals surface area contributed by atoms with Gasteiger partial charge in [0.05, 0.1) is 53.7 Å². The molecule has 1 amide bonds. The molecule has 10 nitrogen and oxygen atoms in total. The van der Waals surface area contributed by atoms with E-state index in [-0.39, 0.29) is 22.2 Å². The average Bonchev–Trinajstić information content (AvgIpc) is 3.50. The molecular formula is C25H25N3O7S2. The number of aliphatic hydroxyl groups excluding tert-OH is 1. The maximum Gasteiger partial charge on any atom is 0.350 e. The molecule has 1 N–H and O–H groups in total. The van der Waals surface area contributed by atoms with Gasteiger partial charge < -0.3 is 19.3 Å². The number of aliphatic hydroxyl groups is 1. The zero-order valence-electron chi connectivity index (χ0n) is 21.1. The number of methoxy groups -OCH3 is 2. The molecule has 0 saturated heterocycles. The van der Waals surface area contributed by atoms with Crippen LogP contribution in [0, 0.1) is 20.8 Å². The molecule has 194 valence electrons. The monoisotopic (exact) mass is 543 g/mol. The fourth-order valence-corrected chi connectivity index (χ4v) is 5.97. The van der Waals surface area contributed by atoms with Gasteiger partial charge in [0.1, 0.15) is 4.88 Å². The Morgan fingerprint density at radius 1 is 1.03 bits per heavy atom. The first-order valence-corrected chi connectivity index (χ1v) is 12.9. The molecule has 3 aromatic rings. The van der Waals surface area contributed by atoms with Crippen LogP contribution in [0.5, 0.6) is 11.5 Å². The molecule has 1 atom stereocenters. The van der Waals surface area contributed by atoms with Gasteiger partial charge in [0.25, 0.3) is 5.91 Å². The molecule has 4 rings (SSSR count). The summed E-state index contributed by atoms with van der Waals surface area (Å²) in [5.41, 5.74) is 1.22. The number of anilines is 1. The number of ketones is 1. The summed E-state index contributed by atoms with van der Waals surface area (Å²) in [6.45, 7) is 6.97. The predicted molar refractivity (Wildman–Crippen MR) is 138 cm³/mol. The second kappa shape index (κ2) is 10.3. The number of ether oxygens (including phenoxy) is 3. The van der Waals surface area contributed by atoms with Gasteiger partial charge in [0.2, 0.25) is 5.78 Å². The first-order chi connectivity index (χ1) is 17.6. The summed E-state index contributed by atoms with van der Waals surface area (Å²) in [5.74, 6) is -1.77. The Balaban J connectivity index is 1.91. The fraction of sp³-hybridized carbons (Fsp3) is 0.320. The lowest BCUT2D eigenvalue weighted by atomic mass is 9.95. The summed E-state index contributed by atoms with van der Waals surface area (Å²) in [6.07, 6.45) is 0. The number of nitrogens with zero attached hydrogens (tertiary/aromatic N) is 3. The average molecular weight is 544 g/mol. The van der Waals surface area contributed by atoms with Crippen LogP contribution in [0.15, 0.2) is 29.5 Å². The van der Waals surface area contributed by atoms with Gasteiger partial charge in [-0.15, -0.1) is 11.3 Å². The van der Waals surface area contributed by atoms with E-state index in [2.05, 4.69) is 9.97 Å². The van der Waals surface area contributed by atoms with Gasteiger partial charge in [0, 0.05) is 0 Å². The largest absolute Gasteiger partial charge is 0.503 e. The van der Waals surface area contributed by atoms with E-state index in [4.69, 9.17) is 14.2 Å². The molecule has 1 aliphatic rings. The number of amides is 1. The minimum Gasteiger partial charge on any atom is -0.503 e. The van der Waals surface area contributed by atoms with Crippen molar-refractivity contribution in [3.63, 3.8) is 0 Å². The van der Waals surface area contributed by atoms with E-state index < -0.39 is 29.5 Å². The molecule has 1 unspecified atom stereocenters. The van der Waals surface area contributed by atoms with Crippen molar-refractivity contribution in [2.24, 2.45) is 0 Å². The zero-order chi connectivity index (χ0) is 27.0. The highest BCUT2D eigenvalue weighted by Crippen LogP contribution is 2.46. The smallest absolute Gasteiger partial charge is 0.350 e. The number of hydrogen-bond donors (Lipinski definition) is 1. The molecular weight excluding hydrogens is 518 g/mol. The van der Waals surface area contributed by atoms with Gasteiger partial charge in [0.15, 0.2) is 22.4 Å². The number of aryl methyl sites for hydroxylation is 3. The van der Waals surface area contributed by atoms with Crippen LogP contribution < -0.4 is 14.4 Å². The van der Waals surface area contributed by atoms with Gasteiger partial charge in [-0.1, -0.05) is 17.4 Å². The van der Waals surface area contributed by atoms with E-state index in [1.165, 1.54) is 30.5 Å². The second-order valence-electron chi connectivity index (χ2n) is 8.06. The van der Waals surface area contributed by atoms with Crippen molar-refractivity contribution in [2.75, 3.05) is 25.7 Å². The second-order valence-corrected chi connectivity index (χ2v) is 10.2. The molecule has 0 radical (unpaired) electrons. The predicted octanol–water partition coefficient (Wildman–Crippen LogP) is 4.50. The first-order valence-electron chi connectivity index (χ1n) is 11.2. The molecule has 0 bridgehead atoms. The Hall–Kier alpha value is -3.77. The molecule has 0 aliphatic carbocycles. The number of Topliss-reactive ketones (excluding diaryl/α,β-unsaturated/α-hetero) is 1. The number of esters is 1. The SMILES string of the molecule is CCOC(=O)c1sc(N2C(=O)C(O)=C(C(=O)c3sc(C)nc3C)C2c2ccc(OC)c(OC)c2)nc1C. The van der Waals surface area contributed by atoms with Crippen LogP contribution in [0.3, 0.4) is 0 Å². The fourth-order valence-electron chi connectivity index (χ4n) is 4.11. The third-order valence-corrected chi connectivity index (χ3v) is 7.95. The number of benzene rings is 1. The first kappa shape index (κ1) is 26.3. The molecule has 0 saturated carbocycles. The highest BCUT2D eigenvalue weighted by Gasteiger charge is 2.47. The Bertz CT molecular complexity index is 1440. The third-order valence-electron chi connectivity index (χ3n) is 5.74. The Kier molecular flexibility index (Phi) is 7.32. The van der Waals surface area contributed by atoms with Crippen molar-refractivity contribution >= 4 is 45.5 Å². The summed E-state index contributed by atoms with van der Waals surface area (Å²) < 4.78 is 15.9. The van der Waals surface area contributed by atoms with Gasteiger partial charge in [-0.2, -0.15) is 0 Å². The van der Waals surface area contributed by atoms with Crippen molar-refractivity contribution in [1.29, 1.82) is 0 Å². The van der Waals surface area contributed by atoms with Crippen molar-refractivity contribution in [3.05, 3.63) is 61.2 Å². The van der Waals surface area contributed by atoms with E-state index in [9.17, 15) is 19.5 Å². The van der Waals surface area contributed by atoms with Crippen molar-refractivity contribution in [2.45, 2.75) is 33.7 Å².